The van der Waals surface area contributed by atoms with Crippen molar-refractivity contribution in [1.29, 1.82) is 0 Å². The molecule has 1 aromatic rings. The summed E-state index contributed by atoms with van der Waals surface area (Å²) in [6, 6.07) is -0.245. The summed E-state index contributed by atoms with van der Waals surface area (Å²) in [6.07, 6.45) is 0.949. The molecule has 0 amide bonds. The summed E-state index contributed by atoms with van der Waals surface area (Å²) in [5, 5.41) is 0.887. The fourth-order valence-corrected chi connectivity index (χ4v) is 5.16. The van der Waals surface area contributed by atoms with Crippen LogP contribution in [0.5, 0.6) is 0 Å². The molecule has 1 aromatic heterocycles. The van der Waals surface area contributed by atoms with Crippen LogP contribution in [0.25, 0.3) is 0 Å². The second-order valence-corrected chi connectivity index (χ2v) is 9.43. The summed E-state index contributed by atoms with van der Waals surface area (Å²) >= 11 is 2.91. The first kappa shape index (κ1) is 16.8. The highest BCUT2D eigenvalue weighted by Crippen LogP contribution is 2.47. The van der Waals surface area contributed by atoms with Gasteiger partial charge in [-0.05, 0) is 31.4 Å². The molecule has 2 heterocycles. The number of rotatable bonds is 2. The minimum absolute atomic E-state index is 0.0842. The van der Waals surface area contributed by atoms with E-state index in [9.17, 15) is 4.79 Å². The van der Waals surface area contributed by atoms with E-state index in [1.165, 1.54) is 34.7 Å². The topological polar surface area (TPSA) is 56.0 Å². The van der Waals surface area contributed by atoms with Crippen molar-refractivity contribution in [3.63, 3.8) is 0 Å². The highest BCUT2D eigenvalue weighted by Gasteiger charge is 2.40. The fraction of sp³-hybridized carbons (Fsp3) is 0.625. The minimum Gasteiger partial charge on any atom is -0.323 e. The number of thioether (sulfide) groups is 2. The van der Waals surface area contributed by atoms with Gasteiger partial charge in [0.25, 0.3) is 0 Å². The number of carbonyl (C=O) groups is 1. The van der Waals surface area contributed by atoms with Crippen molar-refractivity contribution in [3.8, 4) is 0 Å². The number of aromatic nitrogens is 1. The van der Waals surface area contributed by atoms with Crippen LogP contribution in [0.2, 0.25) is 0 Å². The molecule has 1 aliphatic heterocycles. The van der Waals surface area contributed by atoms with Crippen LogP contribution in [-0.2, 0) is 11.2 Å². The van der Waals surface area contributed by atoms with E-state index in [-0.39, 0.29) is 21.2 Å². The van der Waals surface area contributed by atoms with Crippen LogP contribution in [0.15, 0.2) is 5.03 Å². The summed E-state index contributed by atoms with van der Waals surface area (Å²) in [6.45, 7) is 12.4. The number of hydrogen-bond donors (Lipinski definition) is 1. The Balaban J connectivity index is 2.35. The lowest BCUT2D eigenvalue weighted by molar-refractivity contribution is -0.110. The SMILES string of the molecule is CCc1c(C)nc2c(c1C)C(N)C(C(=O)SC(C)(C)C)S2. The standard InChI is InChI=1S/C16H24N2OS2/c1-7-10-8(2)11-12(17)13(15(19)21-16(4,5)6)20-14(11)18-9(10)3/h12-13H,7,17H2,1-6H3. The van der Waals surface area contributed by atoms with Gasteiger partial charge in [-0.25, -0.2) is 4.98 Å². The molecule has 5 heteroatoms. The number of pyridine rings is 1. The number of fused-ring (bicyclic) bond motifs is 1. The average Bonchev–Trinajstić information content (AvgIpc) is 2.65. The zero-order chi connectivity index (χ0) is 15.9. The van der Waals surface area contributed by atoms with Crippen LogP contribution in [0.4, 0.5) is 0 Å². The van der Waals surface area contributed by atoms with E-state index >= 15 is 0 Å². The summed E-state index contributed by atoms with van der Waals surface area (Å²) in [7, 11) is 0. The zero-order valence-corrected chi connectivity index (χ0v) is 15.2. The molecular formula is C16H24N2OS2. The largest absolute Gasteiger partial charge is 0.323 e. The number of aryl methyl sites for hydroxylation is 1. The molecule has 0 spiro atoms. The summed E-state index contributed by atoms with van der Waals surface area (Å²) in [4.78, 5) is 17.2. The molecule has 21 heavy (non-hydrogen) atoms. The zero-order valence-electron chi connectivity index (χ0n) is 13.6. The first-order valence-corrected chi connectivity index (χ1v) is 9.00. The van der Waals surface area contributed by atoms with Gasteiger partial charge in [-0.15, -0.1) is 0 Å². The van der Waals surface area contributed by atoms with Crippen molar-refractivity contribution < 1.29 is 4.79 Å². The van der Waals surface area contributed by atoms with E-state index < -0.39 is 0 Å². The van der Waals surface area contributed by atoms with Crippen molar-refractivity contribution in [1.82, 2.24) is 4.98 Å². The molecule has 1 aliphatic rings. The molecule has 3 nitrogen and oxygen atoms in total. The molecule has 2 atom stereocenters. The highest BCUT2D eigenvalue weighted by atomic mass is 32.2. The van der Waals surface area contributed by atoms with Crippen LogP contribution in [0.1, 0.15) is 56.1 Å². The van der Waals surface area contributed by atoms with Gasteiger partial charge in [-0.2, -0.15) is 0 Å². The van der Waals surface area contributed by atoms with Crippen molar-refractivity contribution in [3.05, 3.63) is 22.4 Å². The van der Waals surface area contributed by atoms with Gasteiger partial charge >= 0.3 is 0 Å². The van der Waals surface area contributed by atoms with Gasteiger partial charge in [0.2, 0.25) is 5.12 Å². The molecule has 0 aromatic carbocycles. The number of nitrogens with two attached hydrogens (primary N) is 1. The molecule has 2 N–H and O–H groups in total. The van der Waals surface area contributed by atoms with Crippen molar-refractivity contribution in [2.75, 3.05) is 0 Å². The maximum Gasteiger partial charge on any atom is 0.204 e. The van der Waals surface area contributed by atoms with Gasteiger partial charge in [-0.3, -0.25) is 4.79 Å². The van der Waals surface area contributed by atoms with E-state index in [0.717, 1.165) is 22.7 Å². The first-order valence-electron chi connectivity index (χ1n) is 7.30. The van der Waals surface area contributed by atoms with Crippen LogP contribution in [0.3, 0.4) is 0 Å². The molecule has 0 radical (unpaired) electrons. The minimum atomic E-state index is -0.245. The summed E-state index contributed by atoms with van der Waals surface area (Å²) in [5.74, 6) is 0. The Hall–Kier alpha value is -0.520. The molecule has 116 valence electrons. The van der Waals surface area contributed by atoms with Gasteiger partial charge in [0.15, 0.2) is 0 Å². The number of carbonyl (C=O) groups excluding carboxylic acids is 1. The normalized spacial score (nSPS) is 21.5. The second kappa shape index (κ2) is 5.94. The maximum atomic E-state index is 12.5. The lowest BCUT2D eigenvalue weighted by Gasteiger charge is -2.21. The molecule has 0 aliphatic carbocycles. The fourth-order valence-electron chi connectivity index (χ4n) is 2.78. The number of nitrogens with zero attached hydrogens (tertiary/aromatic N) is 1. The Morgan fingerprint density at radius 2 is 2.00 bits per heavy atom. The van der Waals surface area contributed by atoms with E-state index in [2.05, 4.69) is 39.6 Å². The van der Waals surface area contributed by atoms with Gasteiger partial charge < -0.3 is 5.73 Å². The Morgan fingerprint density at radius 3 is 2.52 bits per heavy atom. The van der Waals surface area contributed by atoms with E-state index in [1.54, 1.807) is 0 Å². The predicted octanol–water partition coefficient (Wildman–Crippen LogP) is 3.79. The van der Waals surface area contributed by atoms with Gasteiger partial charge in [-0.1, -0.05) is 51.2 Å². The lowest BCUT2D eigenvalue weighted by atomic mass is 9.95. The third-order valence-corrected chi connectivity index (χ3v) is 6.20. The Labute approximate surface area is 135 Å². The number of hydrogen-bond acceptors (Lipinski definition) is 5. The Kier molecular flexibility index (Phi) is 4.76. The van der Waals surface area contributed by atoms with Crippen molar-refractivity contribution in [2.24, 2.45) is 5.73 Å². The van der Waals surface area contributed by atoms with Crippen LogP contribution in [-0.4, -0.2) is 20.1 Å². The molecule has 0 bridgehead atoms. The maximum absolute atomic E-state index is 12.5. The van der Waals surface area contributed by atoms with Crippen LogP contribution in [0, 0.1) is 13.8 Å². The van der Waals surface area contributed by atoms with E-state index in [0.29, 0.717) is 0 Å². The smallest absolute Gasteiger partial charge is 0.204 e. The highest BCUT2D eigenvalue weighted by molar-refractivity contribution is 8.17. The third-order valence-electron chi connectivity index (χ3n) is 3.68. The molecule has 0 saturated carbocycles. The second-order valence-electron chi connectivity index (χ2n) is 6.47. The molecule has 2 unspecified atom stereocenters. The molecular weight excluding hydrogens is 300 g/mol. The van der Waals surface area contributed by atoms with Gasteiger partial charge in [0.1, 0.15) is 5.03 Å². The van der Waals surface area contributed by atoms with E-state index in [1.807, 2.05) is 6.92 Å². The molecule has 0 saturated heterocycles. The van der Waals surface area contributed by atoms with Crippen LogP contribution >= 0.6 is 23.5 Å². The first-order chi connectivity index (χ1) is 9.65. The van der Waals surface area contributed by atoms with E-state index in [4.69, 9.17) is 5.73 Å². The average molecular weight is 325 g/mol. The molecule has 0 fully saturated rings. The van der Waals surface area contributed by atoms with Crippen molar-refractivity contribution in [2.45, 2.75) is 69.0 Å². The van der Waals surface area contributed by atoms with Crippen molar-refractivity contribution >= 4 is 28.6 Å². The van der Waals surface area contributed by atoms with Gasteiger partial charge in [0.05, 0.1) is 11.3 Å². The quantitative estimate of drug-likeness (QED) is 0.897. The Morgan fingerprint density at radius 1 is 1.38 bits per heavy atom. The monoisotopic (exact) mass is 324 g/mol. The lowest BCUT2D eigenvalue weighted by Crippen LogP contribution is -2.28. The predicted molar refractivity (Wildman–Crippen MR) is 92.0 cm³/mol. The Bertz CT molecular complexity index is 579. The summed E-state index contributed by atoms with van der Waals surface area (Å²) in [5.41, 5.74) is 11.0. The van der Waals surface area contributed by atoms with Gasteiger partial charge in [0, 0.05) is 16.0 Å². The molecule has 2 rings (SSSR count). The summed E-state index contributed by atoms with van der Waals surface area (Å²) < 4.78 is -0.0842. The third kappa shape index (κ3) is 3.30. The van der Waals surface area contributed by atoms with Crippen LogP contribution < -0.4 is 5.73 Å².